The summed E-state index contributed by atoms with van der Waals surface area (Å²) in [4.78, 5) is 30.1. The van der Waals surface area contributed by atoms with Gasteiger partial charge in [-0.25, -0.2) is 0 Å². The Morgan fingerprint density at radius 2 is 2.35 bits per heavy atom. The van der Waals surface area contributed by atoms with E-state index >= 15 is 0 Å². The number of pyridine rings is 1. The van der Waals surface area contributed by atoms with Crippen LogP contribution in [0.3, 0.4) is 0 Å². The van der Waals surface area contributed by atoms with Gasteiger partial charge in [0.05, 0.1) is 11.1 Å². The van der Waals surface area contributed by atoms with E-state index in [9.17, 15) is 9.59 Å². The first-order valence-electron chi connectivity index (χ1n) is 8.00. The minimum Gasteiger partial charge on any atom is -0.382 e. The molecule has 3 heterocycles. The molecule has 0 unspecified atom stereocenters. The van der Waals surface area contributed by atoms with Gasteiger partial charge in [-0.1, -0.05) is 0 Å². The van der Waals surface area contributed by atoms with Crippen LogP contribution in [0, 0.1) is 11.3 Å². The zero-order valence-corrected chi connectivity index (χ0v) is 13.3. The molecule has 0 radical (unpaired) electrons. The van der Waals surface area contributed by atoms with E-state index in [0.717, 1.165) is 12.2 Å². The topological polar surface area (TPSA) is 86.4 Å². The zero-order valence-electron chi connectivity index (χ0n) is 13.3. The highest BCUT2D eigenvalue weighted by Crippen LogP contribution is 2.39. The van der Waals surface area contributed by atoms with Crippen molar-refractivity contribution in [1.82, 2.24) is 20.5 Å². The van der Waals surface area contributed by atoms with Gasteiger partial charge in [0.1, 0.15) is 0 Å². The van der Waals surface area contributed by atoms with Gasteiger partial charge < -0.3 is 20.9 Å². The second-order valence-corrected chi connectivity index (χ2v) is 6.31. The van der Waals surface area contributed by atoms with E-state index in [-0.39, 0.29) is 17.7 Å². The van der Waals surface area contributed by atoms with Gasteiger partial charge in [-0.3, -0.25) is 14.6 Å². The molecule has 2 fully saturated rings. The molecule has 0 bridgehead atoms. The summed E-state index contributed by atoms with van der Waals surface area (Å²) in [5.74, 6) is 0.298. The van der Waals surface area contributed by atoms with Crippen molar-refractivity contribution in [2.24, 2.45) is 11.3 Å². The lowest BCUT2D eigenvalue weighted by atomic mass is 9.80. The van der Waals surface area contributed by atoms with E-state index in [1.54, 1.807) is 24.2 Å². The number of hydrogen-bond donors (Lipinski definition) is 3. The lowest BCUT2D eigenvalue weighted by Crippen LogP contribution is -2.48. The van der Waals surface area contributed by atoms with E-state index in [1.807, 2.05) is 12.1 Å². The number of amides is 2. The summed E-state index contributed by atoms with van der Waals surface area (Å²) >= 11 is 0. The molecule has 2 atom stereocenters. The molecule has 2 aliphatic rings. The molecule has 3 N–H and O–H groups in total. The highest BCUT2D eigenvalue weighted by atomic mass is 16.2. The van der Waals surface area contributed by atoms with Crippen molar-refractivity contribution in [3.05, 3.63) is 24.5 Å². The quantitative estimate of drug-likeness (QED) is 0.648. The van der Waals surface area contributed by atoms with Crippen LogP contribution in [0.15, 0.2) is 24.5 Å². The van der Waals surface area contributed by atoms with Gasteiger partial charge >= 0.3 is 0 Å². The van der Waals surface area contributed by atoms with Gasteiger partial charge in [0, 0.05) is 64.5 Å². The summed E-state index contributed by atoms with van der Waals surface area (Å²) in [6, 6.07) is 3.80. The average molecular weight is 317 g/mol. The molecule has 124 valence electrons. The molecule has 3 rings (SSSR count). The lowest BCUT2D eigenvalue weighted by Gasteiger charge is -2.26. The zero-order chi connectivity index (χ0) is 16.3. The number of rotatable bonds is 5. The number of carbonyl (C=O) groups is 2. The van der Waals surface area contributed by atoms with E-state index < -0.39 is 5.41 Å². The Kier molecular flexibility index (Phi) is 4.47. The summed E-state index contributed by atoms with van der Waals surface area (Å²) in [5, 5.41) is 9.53. The Labute approximate surface area is 135 Å². The predicted molar refractivity (Wildman–Crippen MR) is 86.8 cm³/mol. The Bertz CT molecular complexity index is 579. The first kappa shape index (κ1) is 15.7. The van der Waals surface area contributed by atoms with Crippen LogP contribution in [0.2, 0.25) is 0 Å². The molecule has 0 saturated carbocycles. The van der Waals surface area contributed by atoms with Gasteiger partial charge in [-0.15, -0.1) is 0 Å². The van der Waals surface area contributed by atoms with Crippen LogP contribution in [0.5, 0.6) is 0 Å². The van der Waals surface area contributed by atoms with E-state index in [1.165, 1.54) is 0 Å². The number of anilines is 1. The molecule has 7 nitrogen and oxygen atoms in total. The maximum absolute atomic E-state index is 12.7. The fourth-order valence-electron chi connectivity index (χ4n) is 3.51. The third-order valence-electron chi connectivity index (χ3n) is 4.83. The number of nitrogens with zero attached hydrogens (tertiary/aromatic N) is 2. The van der Waals surface area contributed by atoms with Gasteiger partial charge in [0.15, 0.2) is 0 Å². The first-order valence-corrected chi connectivity index (χ1v) is 8.00. The minimum atomic E-state index is -0.472. The van der Waals surface area contributed by atoms with Gasteiger partial charge in [-0.05, 0) is 12.1 Å². The molecular weight excluding hydrogens is 294 g/mol. The monoisotopic (exact) mass is 317 g/mol. The Balaban J connectivity index is 1.52. The SMILES string of the molecule is CC(=O)N1C[C@H]2CNC[C@@]2(C(=O)NCCNc2cccnc2)C1. The van der Waals surface area contributed by atoms with Crippen molar-refractivity contribution in [2.45, 2.75) is 6.92 Å². The maximum atomic E-state index is 12.7. The standard InChI is InChI=1S/C16H23N5O2/c1-12(22)21-9-13-7-18-10-16(13,11-21)15(23)20-6-5-19-14-3-2-4-17-8-14/h2-4,8,13,18-19H,5-7,9-11H2,1H3,(H,20,23)/t13-,16-/m1/s1. The van der Waals surface area contributed by atoms with Crippen LogP contribution in [0.4, 0.5) is 5.69 Å². The smallest absolute Gasteiger partial charge is 0.229 e. The van der Waals surface area contributed by atoms with Crippen LogP contribution in [-0.2, 0) is 9.59 Å². The maximum Gasteiger partial charge on any atom is 0.229 e. The molecule has 2 amide bonds. The Morgan fingerprint density at radius 3 is 3.09 bits per heavy atom. The van der Waals surface area contributed by atoms with Crippen molar-refractivity contribution in [3.63, 3.8) is 0 Å². The first-order chi connectivity index (χ1) is 11.1. The Hall–Kier alpha value is -2.15. The molecule has 7 heteroatoms. The third-order valence-corrected chi connectivity index (χ3v) is 4.83. The van der Waals surface area contributed by atoms with Crippen molar-refractivity contribution in [3.8, 4) is 0 Å². The Morgan fingerprint density at radius 1 is 1.48 bits per heavy atom. The predicted octanol–water partition coefficient (Wildman–Crippen LogP) is -0.322. The van der Waals surface area contributed by atoms with Crippen molar-refractivity contribution in [2.75, 3.05) is 44.6 Å². The van der Waals surface area contributed by atoms with Gasteiger partial charge in [0.2, 0.25) is 11.8 Å². The summed E-state index contributed by atoms with van der Waals surface area (Å²) in [7, 11) is 0. The fraction of sp³-hybridized carbons (Fsp3) is 0.562. The molecule has 0 spiro atoms. The van der Waals surface area contributed by atoms with Crippen LogP contribution < -0.4 is 16.0 Å². The summed E-state index contributed by atoms with van der Waals surface area (Å²) < 4.78 is 0. The number of nitrogens with one attached hydrogen (secondary N) is 3. The van der Waals surface area contributed by atoms with Crippen molar-refractivity contribution < 1.29 is 9.59 Å². The molecule has 0 aromatic carbocycles. The van der Waals surface area contributed by atoms with Crippen LogP contribution in [0.25, 0.3) is 0 Å². The van der Waals surface area contributed by atoms with Crippen LogP contribution in [0.1, 0.15) is 6.92 Å². The van der Waals surface area contributed by atoms with E-state index in [0.29, 0.717) is 32.7 Å². The largest absolute Gasteiger partial charge is 0.382 e. The van der Waals surface area contributed by atoms with E-state index in [4.69, 9.17) is 0 Å². The van der Waals surface area contributed by atoms with Crippen LogP contribution >= 0.6 is 0 Å². The molecule has 2 saturated heterocycles. The third kappa shape index (κ3) is 3.14. The molecule has 2 aliphatic heterocycles. The molecule has 1 aromatic heterocycles. The molecular formula is C16H23N5O2. The van der Waals surface area contributed by atoms with Gasteiger partial charge in [-0.2, -0.15) is 0 Å². The van der Waals surface area contributed by atoms with Gasteiger partial charge in [0.25, 0.3) is 0 Å². The average Bonchev–Trinajstić information content (AvgIpc) is 3.10. The van der Waals surface area contributed by atoms with E-state index in [2.05, 4.69) is 20.9 Å². The summed E-state index contributed by atoms with van der Waals surface area (Å²) in [5.41, 5.74) is 0.462. The highest BCUT2D eigenvalue weighted by molar-refractivity contribution is 5.86. The van der Waals surface area contributed by atoms with Crippen LogP contribution in [-0.4, -0.2) is 61.0 Å². The second kappa shape index (κ2) is 6.54. The molecule has 1 aromatic rings. The molecule has 0 aliphatic carbocycles. The normalized spacial score (nSPS) is 26.0. The number of likely N-dealkylation sites (tertiary alicyclic amines) is 1. The summed E-state index contributed by atoms with van der Waals surface area (Å²) in [6.45, 7) is 5.38. The lowest BCUT2D eigenvalue weighted by molar-refractivity contribution is -0.132. The number of hydrogen-bond acceptors (Lipinski definition) is 5. The fourth-order valence-corrected chi connectivity index (χ4v) is 3.51. The molecule has 23 heavy (non-hydrogen) atoms. The second-order valence-electron chi connectivity index (χ2n) is 6.31. The number of carbonyl (C=O) groups excluding carboxylic acids is 2. The number of fused-ring (bicyclic) bond motifs is 1. The minimum absolute atomic E-state index is 0.0456. The highest BCUT2D eigenvalue weighted by Gasteiger charge is 2.55. The van der Waals surface area contributed by atoms with Crippen molar-refractivity contribution >= 4 is 17.5 Å². The summed E-state index contributed by atoms with van der Waals surface area (Å²) in [6.07, 6.45) is 3.47. The van der Waals surface area contributed by atoms with Crippen molar-refractivity contribution in [1.29, 1.82) is 0 Å². The number of aromatic nitrogens is 1.